The molecule has 158 valence electrons. The quantitative estimate of drug-likeness (QED) is 0.390. The van der Waals surface area contributed by atoms with Gasteiger partial charge in [0.2, 0.25) is 5.91 Å². The minimum Gasteiger partial charge on any atom is -0.486 e. The Morgan fingerprint density at radius 3 is 2.65 bits per heavy atom. The van der Waals surface area contributed by atoms with Crippen molar-refractivity contribution in [3.05, 3.63) is 90.1 Å². The van der Waals surface area contributed by atoms with Crippen LogP contribution in [0.5, 0.6) is 5.75 Å². The van der Waals surface area contributed by atoms with Crippen LogP contribution in [0.25, 0.3) is 0 Å². The van der Waals surface area contributed by atoms with Crippen LogP contribution in [0.1, 0.15) is 17.1 Å². The predicted octanol–water partition coefficient (Wildman–Crippen LogP) is 4.54. The number of amides is 1. The standard InChI is InChI=1S/C23H22N4O3S/c1-17-8-5-6-12-20(17)24-22(28)16-31-23-26-25-21(15-30-18-9-3-2-4-10-18)27(23)14-19-11-7-13-29-19/h2-13H,14-16H2,1H3,(H,24,28). The van der Waals surface area contributed by atoms with Gasteiger partial charge in [0.1, 0.15) is 18.1 Å². The number of aryl methyl sites for hydroxylation is 1. The second-order valence-corrected chi connectivity index (χ2v) is 7.76. The average Bonchev–Trinajstić information content (AvgIpc) is 3.44. The molecule has 2 heterocycles. The van der Waals surface area contributed by atoms with Gasteiger partial charge in [0, 0.05) is 5.69 Å². The molecule has 0 saturated heterocycles. The molecular weight excluding hydrogens is 412 g/mol. The minimum absolute atomic E-state index is 0.103. The van der Waals surface area contributed by atoms with Crippen molar-refractivity contribution >= 4 is 23.4 Å². The number of para-hydroxylation sites is 2. The number of carbonyl (C=O) groups is 1. The van der Waals surface area contributed by atoms with E-state index in [1.165, 1.54) is 11.8 Å². The monoisotopic (exact) mass is 434 g/mol. The zero-order valence-electron chi connectivity index (χ0n) is 17.0. The summed E-state index contributed by atoms with van der Waals surface area (Å²) in [6.45, 7) is 2.67. The van der Waals surface area contributed by atoms with Gasteiger partial charge < -0.3 is 14.5 Å². The van der Waals surface area contributed by atoms with Gasteiger partial charge in [-0.1, -0.05) is 48.2 Å². The lowest BCUT2D eigenvalue weighted by Gasteiger charge is -2.10. The van der Waals surface area contributed by atoms with Crippen LogP contribution in [-0.4, -0.2) is 26.4 Å². The van der Waals surface area contributed by atoms with Crippen LogP contribution in [-0.2, 0) is 17.9 Å². The summed E-state index contributed by atoms with van der Waals surface area (Å²) in [5.41, 5.74) is 1.82. The second kappa shape index (κ2) is 9.99. The number of ether oxygens (including phenoxy) is 1. The first-order chi connectivity index (χ1) is 15.2. The fourth-order valence-corrected chi connectivity index (χ4v) is 3.70. The molecule has 8 heteroatoms. The van der Waals surface area contributed by atoms with Crippen molar-refractivity contribution in [1.29, 1.82) is 0 Å². The van der Waals surface area contributed by atoms with E-state index in [4.69, 9.17) is 9.15 Å². The van der Waals surface area contributed by atoms with Gasteiger partial charge in [-0.25, -0.2) is 0 Å². The zero-order chi connectivity index (χ0) is 21.5. The maximum Gasteiger partial charge on any atom is 0.234 e. The van der Waals surface area contributed by atoms with Gasteiger partial charge in [-0.15, -0.1) is 10.2 Å². The molecule has 2 aromatic carbocycles. The van der Waals surface area contributed by atoms with E-state index in [2.05, 4.69) is 15.5 Å². The Morgan fingerprint density at radius 1 is 1.06 bits per heavy atom. The Labute approximate surface area is 184 Å². The topological polar surface area (TPSA) is 82.2 Å². The van der Waals surface area contributed by atoms with Crippen molar-refractivity contribution < 1.29 is 13.9 Å². The SMILES string of the molecule is Cc1ccccc1NC(=O)CSc1nnc(COc2ccccc2)n1Cc1ccco1. The summed E-state index contributed by atoms with van der Waals surface area (Å²) >= 11 is 1.32. The van der Waals surface area contributed by atoms with E-state index in [1.807, 2.05) is 78.2 Å². The van der Waals surface area contributed by atoms with Crippen LogP contribution in [0.15, 0.2) is 82.6 Å². The van der Waals surface area contributed by atoms with E-state index in [1.54, 1.807) is 6.26 Å². The second-order valence-electron chi connectivity index (χ2n) is 6.82. The Morgan fingerprint density at radius 2 is 1.87 bits per heavy atom. The van der Waals surface area contributed by atoms with E-state index < -0.39 is 0 Å². The summed E-state index contributed by atoms with van der Waals surface area (Å²) in [6, 6.07) is 20.9. The lowest BCUT2D eigenvalue weighted by molar-refractivity contribution is -0.113. The lowest BCUT2D eigenvalue weighted by Crippen LogP contribution is -2.16. The van der Waals surface area contributed by atoms with Gasteiger partial charge in [0.15, 0.2) is 11.0 Å². The smallest absolute Gasteiger partial charge is 0.234 e. The Balaban J connectivity index is 1.45. The van der Waals surface area contributed by atoms with Crippen LogP contribution in [0.3, 0.4) is 0 Å². The summed E-state index contributed by atoms with van der Waals surface area (Å²) in [5, 5.41) is 12.1. The molecule has 2 aromatic heterocycles. The zero-order valence-corrected chi connectivity index (χ0v) is 17.8. The van der Waals surface area contributed by atoms with E-state index >= 15 is 0 Å². The number of anilines is 1. The van der Waals surface area contributed by atoms with E-state index in [9.17, 15) is 4.79 Å². The molecule has 0 spiro atoms. The number of thioether (sulfide) groups is 1. The molecule has 1 N–H and O–H groups in total. The van der Waals surface area contributed by atoms with Gasteiger partial charge in [-0.05, 0) is 42.8 Å². The van der Waals surface area contributed by atoms with Gasteiger partial charge in [0.05, 0.1) is 18.6 Å². The molecule has 0 atom stereocenters. The maximum atomic E-state index is 12.5. The normalized spacial score (nSPS) is 10.7. The van der Waals surface area contributed by atoms with Gasteiger partial charge in [-0.3, -0.25) is 9.36 Å². The third-order valence-electron chi connectivity index (χ3n) is 4.55. The summed E-state index contributed by atoms with van der Waals surface area (Å²) in [4.78, 5) is 12.5. The average molecular weight is 435 g/mol. The molecule has 0 aliphatic heterocycles. The van der Waals surface area contributed by atoms with Gasteiger partial charge in [-0.2, -0.15) is 0 Å². The molecule has 4 rings (SSSR count). The number of hydrogen-bond donors (Lipinski definition) is 1. The first-order valence-corrected chi connectivity index (χ1v) is 10.8. The van der Waals surface area contributed by atoms with E-state index in [0.29, 0.717) is 17.5 Å². The number of hydrogen-bond acceptors (Lipinski definition) is 6. The largest absolute Gasteiger partial charge is 0.486 e. The van der Waals surface area contributed by atoms with Crippen molar-refractivity contribution in [2.24, 2.45) is 0 Å². The number of carbonyl (C=O) groups excluding carboxylic acids is 1. The maximum absolute atomic E-state index is 12.5. The number of rotatable bonds is 9. The first kappa shape index (κ1) is 20.7. The number of aromatic nitrogens is 3. The summed E-state index contributed by atoms with van der Waals surface area (Å²) in [5.74, 6) is 2.29. The van der Waals surface area contributed by atoms with Gasteiger partial charge >= 0.3 is 0 Å². The highest BCUT2D eigenvalue weighted by Gasteiger charge is 2.16. The number of nitrogens with zero attached hydrogens (tertiary/aromatic N) is 3. The molecule has 0 aliphatic rings. The van der Waals surface area contributed by atoms with Crippen molar-refractivity contribution in [2.75, 3.05) is 11.1 Å². The molecule has 0 fully saturated rings. The molecule has 0 saturated carbocycles. The fourth-order valence-electron chi connectivity index (χ4n) is 2.94. The number of furan rings is 1. The number of nitrogens with one attached hydrogen (secondary N) is 1. The predicted molar refractivity (Wildman–Crippen MR) is 119 cm³/mol. The highest BCUT2D eigenvalue weighted by molar-refractivity contribution is 7.99. The molecule has 1 amide bonds. The summed E-state index contributed by atoms with van der Waals surface area (Å²) in [7, 11) is 0. The molecule has 4 aromatic rings. The van der Waals surface area contributed by atoms with Crippen molar-refractivity contribution in [3.8, 4) is 5.75 Å². The highest BCUT2D eigenvalue weighted by Crippen LogP contribution is 2.21. The van der Waals surface area contributed by atoms with Crippen LogP contribution in [0.2, 0.25) is 0 Å². The Bertz CT molecular complexity index is 1130. The van der Waals surface area contributed by atoms with Crippen molar-refractivity contribution in [2.45, 2.75) is 25.2 Å². The van der Waals surface area contributed by atoms with Crippen LogP contribution >= 0.6 is 11.8 Å². The third-order valence-corrected chi connectivity index (χ3v) is 5.52. The van der Waals surface area contributed by atoms with Gasteiger partial charge in [0.25, 0.3) is 0 Å². The van der Waals surface area contributed by atoms with Crippen LogP contribution < -0.4 is 10.1 Å². The van der Waals surface area contributed by atoms with Crippen molar-refractivity contribution in [3.63, 3.8) is 0 Å². The molecule has 31 heavy (non-hydrogen) atoms. The molecule has 7 nitrogen and oxygen atoms in total. The van der Waals surface area contributed by atoms with E-state index in [0.717, 1.165) is 22.8 Å². The highest BCUT2D eigenvalue weighted by atomic mass is 32.2. The Kier molecular flexibility index (Phi) is 6.68. The van der Waals surface area contributed by atoms with Crippen LogP contribution in [0.4, 0.5) is 5.69 Å². The molecular formula is C23H22N4O3S. The number of benzene rings is 2. The lowest BCUT2D eigenvalue weighted by atomic mass is 10.2. The minimum atomic E-state index is -0.103. The third kappa shape index (κ3) is 5.55. The van der Waals surface area contributed by atoms with Crippen molar-refractivity contribution in [1.82, 2.24) is 14.8 Å². The molecule has 0 aliphatic carbocycles. The molecule has 0 radical (unpaired) electrons. The van der Waals surface area contributed by atoms with Crippen LogP contribution in [0, 0.1) is 6.92 Å². The molecule has 0 bridgehead atoms. The molecule has 0 unspecified atom stereocenters. The first-order valence-electron chi connectivity index (χ1n) is 9.79. The fraction of sp³-hybridized carbons (Fsp3) is 0.174. The Hall–Kier alpha value is -3.52. The summed E-state index contributed by atoms with van der Waals surface area (Å²) in [6.07, 6.45) is 1.63. The van der Waals surface area contributed by atoms with E-state index in [-0.39, 0.29) is 18.3 Å². The summed E-state index contributed by atoms with van der Waals surface area (Å²) < 4.78 is 13.2.